The number of hydrogen-bond acceptors (Lipinski definition) is 7. The van der Waals surface area contributed by atoms with Gasteiger partial charge in [0, 0.05) is 17.7 Å². The van der Waals surface area contributed by atoms with Gasteiger partial charge in [0.05, 0.1) is 42.7 Å². The summed E-state index contributed by atoms with van der Waals surface area (Å²) >= 11 is 3.46. The number of ether oxygens (including phenoxy) is 3. The Morgan fingerprint density at radius 1 is 0.946 bits per heavy atom. The molecule has 1 aliphatic carbocycles. The van der Waals surface area contributed by atoms with Crippen LogP contribution >= 0.6 is 15.9 Å². The molecule has 3 N–H and O–H groups in total. The molecule has 1 heterocycles. The van der Waals surface area contributed by atoms with Crippen molar-refractivity contribution >= 4 is 33.1 Å². The summed E-state index contributed by atoms with van der Waals surface area (Å²) in [7, 11) is 3.22. The Morgan fingerprint density at radius 2 is 1.68 bits per heavy atom. The van der Waals surface area contributed by atoms with Gasteiger partial charge in [0.15, 0.2) is 28.8 Å². The topological polar surface area (TPSA) is 89.1 Å². The lowest BCUT2D eigenvalue weighted by Gasteiger charge is -2.30. The maximum Gasteiger partial charge on any atom is 0.172 e. The standard InChI is InChI=1S/C29H29BrN2O5/c1-4-37-26-15-18(11-19(30)29(26)34)28-27-22(31-20-7-5-6-8-21(20)32-28)12-17(13-23(27)33)16-9-10-24(35-2)25(14-16)36-3/h5-11,14-15,17,28,31-32,34H,4,12-13H2,1-3H3. The number of Topliss-reactive ketones (excluding diaryl/α,β-unsaturated/α-hetero) is 1. The zero-order chi connectivity index (χ0) is 26.1. The maximum absolute atomic E-state index is 13.9. The van der Waals surface area contributed by atoms with Crippen molar-refractivity contribution in [2.75, 3.05) is 31.5 Å². The second kappa shape index (κ2) is 10.4. The Kier molecular flexibility index (Phi) is 7.02. The SMILES string of the molecule is CCOc1cc(C2Nc3ccccc3NC3=C2C(=O)CC(c2ccc(OC)c(OC)c2)C3)cc(Br)c1O. The molecule has 0 fully saturated rings. The van der Waals surface area contributed by atoms with E-state index in [9.17, 15) is 9.90 Å². The number of carbonyl (C=O) groups is 1. The number of carbonyl (C=O) groups excluding carboxylic acids is 1. The van der Waals surface area contributed by atoms with E-state index in [4.69, 9.17) is 14.2 Å². The zero-order valence-electron chi connectivity index (χ0n) is 20.9. The van der Waals surface area contributed by atoms with Gasteiger partial charge in [0.25, 0.3) is 0 Å². The molecule has 0 aromatic heterocycles. The second-order valence-corrected chi connectivity index (χ2v) is 9.92. The Bertz CT molecular complexity index is 1390. The predicted octanol–water partition coefficient (Wildman–Crippen LogP) is 6.55. The molecular weight excluding hydrogens is 536 g/mol. The van der Waals surface area contributed by atoms with Crippen molar-refractivity contribution in [2.45, 2.75) is 31.7 Å². The highest BCUT2D eigenvalue weighted by atomic mass is 79.9. The third kappa shape index (κ3) is 4.73. The summed E-state index contributed by atoms with van der Waals surface area (Å²) in [6, 6.07) is 16.9. The van der Waals surface area contributed by atoms with Crippen molar-refractivity contribution in [1.82, 2.24) is 0 Å². The van der Waals surface area contributed by atoms with E-state index in [0.29, 0.717) is 46.7 Å². The van der Waals surface area contributed by atoms with Crippen LogP contribution in [0, 0.1) is 0 Å². The molecular formula is C29H29BrN2O5. The number of methoxy groups -OCH3 is 2. The van der Waals surface area contributed by atoms with Crippen molar-refractivity contribution in [3.63, 3.8) is 0 Å². The van der Waals surface area contributed by atoms with Crippen molar-refractivity contribution in [2.24, 2.45) is 0 Å². The summed E-state index contributed by atoms with van der Waals surface area (Å²) in [6.07, 6.45) is 1.02. The molecule has 2 aliphatic rings. The maximum atomic E-state index is 13.9. The average molecular weight is 565 g/mol. The largest absolute Gasteiger partial charge is 0.503 e. The van der Waals surface area contributed by atoms with Gasteiger partial charge in [-0.15, -0.1) is 0 Å². The molecule has 2 atom stereocenters. The third-order valence-corrected chi connectivity index (χ3v) is 7.48. The van der Waals surface area contributed by atoms with Gasteiger partial charge in [-0.3, -0.25) is 4.79 Å². The number of phenols is 1. The van der Waals surface area contributed by atoms with Crippen molar-refractivity contribution in [1.29, 1.82) is 0 Å². The minimum Gasteiger partial charge on any atom is -0.503 e. The molecule has 0 saturated carbocycles. The van der Waals surface area contributed by atoms with Gasteiger partial charge in [0.2, 0.25) is 0 Å². The summed E-state index contributed by atoms with van der Waals surface area (Å²) in [5.41, 5.74) is 5.19. The van der Waals surface area contributed by atoms with Crippen LogP contribution in [0.15, 0.2) is 70.3 Å². The van der Waals surface area contributed by atoms with E-state index in [0.717, 1.165) is 28.2 Å². The monoisotopic (exact) mass is 564 g/mol. The van der Waals surface area contributed by atoms with Crippen LogP contribution < -0.4 is 24.8 Å². The van der Waals surface area contributed by atoms with Crippen LogP contribution in [0.4, 0.5) is 11.4 Å². The number of aromatic hydroxyl groups is 1. The van der Waals surface area contributed by atoms with Crippen molar-refractivity contribution < 1.29 is 24.1 Å². The lowest BCUT2D eigenvalue weighted by Crippen LogP contribution is -2.27. The van der Waals surface area contributed by atoms with Crippen LogP contribution in [0.2, 0.25) is 0 Å². The van der Waals surface area contributed by atoms with Gasteiger partial charge in [-0.05, 0) is 82.7 Å². The molecule has 8 heteroatoms. The van der Waals surface area contributed by atoms with Gasteiger partial charge in [-0.25, -0.2) is 0 Å². The molecule has 1 aliphatic heterocycles. The number of halogens is 1. The van der Waals surface area contributed by atoms with Gasteiger partial charge >= 0.3 is 0 Å². The fourth-order valence-corrected chi connectivity index (χ4v) is 5.57. The van der Waals surface area contributed by atoms with E-state index in [1.807, 2.05) is 55.5 Å². The van der Waals surface area contributed by atoms with Crippen LogP contribution in [-0.4, -0.2) is 31.7 Å². The Balaban J connectivity index is 1.60. The van der Waals surface area contributed by atoms with Crippen molar-refractivity contribution in [3.05, 3.63) is 81.5 Å². The minimum absolute atomic E-state index is 0.0185. The summed E-state index contributed by atoms with van der Waals surface area (Å²) in [5, 5.41) is 17.6. The summed E-state index contributed by atoms with van der Waals surface area (Å²) in [4.78, 5) is 13.9. The molecule has 3 aromatic rings. The van der Waals surface area contributed by atoms with E-state index in [1.54, 1.807) is 20.3 Å². The lowest BCUT2D eigenvalue weighted by atomic mass is 9.78. The van der Waals surface area contributed by atoms with Crippen LogP contribution in [0.25, 0.3) is 0 Å². The average Bonchev–Trinajstić information content (AvgIpc) is 3.07. The molecule has 192 valence electrons. The molecule has 0 spiro atoms. The number of rotatable bonds is 6. The predicted molar refractivity (Wildman–Crippen MR) is 147 cm³/mol. The van der Waals surface area contributed by atoms with E-state index in [1.165, 1.54) is 0 Å². The highest BCUT2D eigenvalue weighted by Crippen LogP contribution is 2.47. The number of anilines is 2. The van der Waals surface area contributed by atoms with E-state index >= 15 is 0 Å². The normalized spacial score (nSPS) is 18.6. The van der Waals surface area contributed by atoms with Crippen molar-refractivity contribution in [3.8, 4) is 23.0 Å². The minimum atomic E-state index is -0.430. The highest BCUT2D eigenvalue weighted by molar-refractivity contribution is 9.10. The number of para-hydroxylation sites is 2. The molecule has 0 bridgehead atoms. The highest BCUT2D eigenvalue weighted by Gasteiger charge is 2.36. The molecule has 0 amide bonds. The van der Waals surface area contributed by atoms with E-state index in [-0.39, 0.29) is 17.5 Å². The first-order chi connectivity index (χ1) is 17.9. The number of hydrogen-bond donors (Lipinski definition) is 3. The van der Waals surface area contributed by atoms with E-state index < -0.39 is 6.04 Å². The summed E-state index contributed by atoms with van der Waals surface area (Å²) < 4.78 is 17.1. The number of allylic oxidation sites excluding steroid dienone is 1. The first-order valence-corrected chi connectivity index (χ1v) is 13.0. The van der Waals surface area contributed by atoms with Gasteiger partial charge in [0.1, 0.15) is 0 Å². The fraction of sp³-hybridized carbons (Fsp3) is 0.276. The summed E-state index contributed by atoms with van der Waals surface area (Å²) in [5.74, 6) is 1.74. The number of nitrogens with one attached hydrogen (secondary N) is 2. The zero-order valence-corrected chi connectivity index (χ0v) is 22.5. The smallest absolute Gasteiger partial charge is 0.172 e. The Morgan fingerprint density at radius 3 is 2.41 bits per heavy atom. The van der Waals surface area contributed by atoms with Crippen LogP contribution in [0.1, 0.15) is 42.9 Å². The third-order valence-electron chi connectivity index (χ3n) is 6.87. The lowest BCUT2D eigenvalue weighted by molar-refractivity contribution is -0.116. The first kappa shape index (κ1) is 25.0. The number of ketones is 1. The number of phenolic OH excluding ortho intramolecular Hbond substituents is 1. The van der Waals surface area contributed by atoms with Gasteiger partial charge < -0.3 is 30.0 Å². The second-order valence-electron chi connectivity index (χ2n) is 9.07. The van der Waals surface area contributed by atoms with E-state index in [2.05, 4.69) is 26.6 Å². The molecule has 5 rings (SSSR count). The van der Waals surface area contributed by atoms with Gasteiger partial charge in [-0.2, -0.15) is 0 Å². The van der Waals surface area contributed by atoms with Crippen LogP contribution in [0.5, 0.6) is 23.0 Å². The van der Waals surface area contributed by atoms with Crippen LogP contribution in [-0.2, 0) is 4.79 Å². The molecule has 7 nitrogen and oxygen atoms in total. The Labute approximate surface area is 224 Å². The Hall–Kier alpha value is -3.65. The first-order valence-electron chi connectivity index (χ1n) is 12.2. The quantitative estimate of drug-likeness (QED) is 0.312. The molecule has 0 radical (unpaired) electrons. The molecule has 2 unspecified atom stereocenters. The number of benzene rings is 3. The summed E-state index contributed by atoms with van der Waals surface area (Å²) in [6.45, 7) is 2.27. The van der Waals surface area contributed by atoms with Crippen LogP contribution in [0.3, 0.4) is 0 Å². The molecule has 37 heavy (non-hydrogen) atoms. The molecule has 3 aromatic carbocycles. The fourth-order valence-electron chi connectivity index (χ4n) is 5.11. The van der Waals surface area contributed by atoms with Gasteiger partial charge in [-0.1, -0.05) is 18.2 Å². The molecule has 0 saturated heterocycles. The number of fused-ring (bicyclic) bond motifs is 1.